The quantitative estimate of drug-likeness (QED) is 0.907. The number of aromatic nitrogens is 1. The highest BCUT2D eigenvalue weighted by atomic mass is 35.5. The molecule has 0 aliphatic rings. The summed E-state index contributed by atoms with van der Waals surface area (Å²) in [6.45, 7) is 0.365. The van der Waals surface area contributed by atoms with Gasteiger partial charge in [-0.2, -0.15) is 0 Å². The summed E-state index contributed by atoms with van der Waals surface area (Å²) in [5.74, 6) is -0.244. The van der Waals surface area contributed by atoms with Gasteiger partial charge < -0.3 is 14.5 Å². The molecule has 2 rings (SSSR count). The molecular formula is C11H11ClN2O3. The first-order valence-electron chi connectivity index (χ1n) is 5.06. The molecule has 0 saturated carbocycles. The van der Waals surface area contributed by atoms with Gasteiger partial charge in [0.25, 0.3) is 0 Å². The summed E-state index contributed by atoms with van der Waals surface area (Å²) in [5.41, 5.74) is 0.631. The van der Waals surface area contributed by atoms with Crippen LogP contribution in [0.4, 0.5) is 5.82 Å². The molecule has 0 aliphatic heterocycles. The Morgan fingerprint density at radius 2 is 2.35 bits per heavy atom. The van der Waals surface area contributed by atoms with Crippen LogP contribution in [0, 0.1) is 0 Å². The van der Waals surface area contributed by atoms with E-state index in [0.29, 0.717) is 23.0 Å². The van der Waals surface area contributed by atoms with E-state index in [0.717, 1.165) is 5.39 Å². The van der Waals surface area contributed by atoms with Crippen LogP contribution in [0.15, 0.2) is 22.7 Å². The number of hydrogen-bond acceptors (Lipinski definition) is 4. The van der Waals surface area contributed by atoms with Crippen LogP contribution in [0.5, 0.6) is 0 Å². The summed E-state index contributed by atoms with van der Waals surface area (Å²) in [5, 5.41) is 13.9. The van der Waals surface area contributed by atoms with E-state index in [4.69, 9.17) is 21.2 Å². The van der Waals surface area contributed by atoms with Crippen LogP contribution in [0.25, 0.3) is 11.0 Å². The lowest BCUT2D eigenvalue weighted by atomic mass is 10.2. The van der Waals surface area contributed by atoms with Crippen LogP contribution < -0.4 is 4.90 Å². The number of hydrogen-bond donors (Lipinski definition) is 1. The molecule has 0 amide bonds. The summed E-state index contributed by atoms with van der Waals surface area (Å²) in [4.78, 5) is 12.2. The van der Waals surface area contributed by atoms with E-state index < -0.39 is 5.97 Å². The van der Waals surface area contributed by atoms with Gasteiger partial charge >= 0.3 is 5.97 Å². The topological polar surface area (TPSA) is 66.6 Å². The Labute approximate surface area is 103 Å². The van der Waals surface area contributed by atoms with Gasteiger partial charge in [0.2, 0.25) is 0 Å². The maximum absolute atomic E-state index is 10.5. The molecule has 0 saturated heterocycles. The molecule has 17 heavy (non-hydrogen) atoms. The minimum absolute atomic E-state index is 0.0470. The van der Waals surface area contributed by atoms with Crippen LogP contribution in [0.3, 0.4) is 0 Å². The Hall–Kier alpha value is -1.75. The molecule has 0 spiro atoms. The summed E-state index contributed by atoms with van der Waals surface area (Å²) < 4.78 is 5.13. The molecule has 90 valence electrons. The summed E-state index contributed by atoms with van der Waals surface area (Å²) >= 11 is 5.90. The number of benzene rings is 1. The van der Waals surface area contributed by atoms with E-state index in [1.54, 1.807) is 30.1 Å². The van der Waals surface area contributed by atoms with Gasteiger partial charge in [0, 0.05) is 18.6 Å². The highest BCUT2D eigenvalue weighted by Crippen LogP contribution is 2.27. The maximum atomic E-state index is 10.5. The molecule has 1 heterocycles. The normalized spacial score (nSPS) is 10.7. The van der Waals surface area contributed by atoms with Gasteiger partial charge in [0.1, 0.15) is 0 Å². The van der Waals surface area contributed by atoms with Crippen LogP contribution in [-0.2, 0) is 4.79 Å². The monoisotopic (exact) mass is 254 g/mol. The van der Waals surface area contributed by atoms with Crippen molar-refractivity contribution in [2.24, 2.45) is 0 Å². The van der Waals surface area contributed by atoms with Gasteiger partial charge in [0.15, 0.2) is 11.4 Å². The zero-order valence-corrected chi connectivity index (χ0v) is 9.94. The van der Waals surface area contributed by atoms with Crippen LogP contribution in [0.1, 0.15) is 6.42 Å². The molecule has 0 fully saturated rings. The van der Waals surface area contributed by atoms with Gasteiger partial charge in [-0.1, -0.05) is 16.8 Å². The average molecular weight is 255 g/mol. The maximum Gasteiger partial charge on any atom is 0.305 e. The van der Waals surface area contributed by atoms with E-state index in [1.807, 2.05) is 0 Å². The molecule has 0 radical (unpaired) electrons. The largest absolute Gasteiger partial charge is 0.481 e. The van der Waals surface area contributed by atoms with Crippen molar-refractivity contribution in [2.45, 2.75) is 6.42 Å². The second-order valence-electron chi connectivity index (χ2n) is 3.71. The molecule has 0 atom stereocenters. The van der Waals surface area contributed by atoms with Crippen molar-refractivity contribution in [3.05, 3.63) is 23.2 Å². The fraction of sp³-hybridized carbons (Fsp3) is 0.273. The van der Waals surface area contributed by atoms with Gasteiger partial charge in [-0.15, -0.1) is 0 Å². The molecule has 0 unspecified atom stereocenters. The Morgan fingerprint density at radius 1 is 1.59 bits per heavy atom. The van der Waals surface area contributed by atoms with E-state index in [2.05, 4.69) is 5.16 Å². The number of carbonyl (C=O) groups is 1. The van der Waals surface area contributed by atoms with Crippen LogP contribution in [0.2, 0.25) is 5.02 Å². The van der Waals surface area contributed by atoms with Gasteiger partial charge in [-0.05, 0) is 18.2 Å². The van der Waals surface area contributed by atoms with Gasteiger partial charge in [-0.25, -0.2) is 0 Å². The molecule has 1 N–H and O–H groups in total. The Kier molecular flexibility index (Phi) is 3.19. The highest BCUT2D eigenvalue weighted by molar-refractivity contribution is 6.31. The predicted octanol–water partition coefficient (Wildman–Crippen LogP) is 2.39. The number of carboxylic acid groups (broad SMARTS) is 1. The molecule has 0 bridgehead atoms. The van der Waals surface area contributed by atoms with Crippen molar-refractivity contribution in [3.8, 4) is 0 Å². The van der Waals surface area contributed by atoms with Gasteiger partial charge in [0.05, 0.1) is 11.8 Å². The first-order valence-corrected chi connectivity index (χ1v) is 5.43. The molecule has 1 aromatic heterocycles. The van der Waals surface area contributed by atoms with E-state index in [9.17, 15) is 4.79 Å². The second kappa shape index (κ2) is 4.63. The Morgan fingerprint density at radius 3 is 3.06 bits per heavy atom. The molecular weight excluding hydrogens is 244 g/mol. The number of rotatable bonds is 4. The standard InChI is InChI=1S/C11H11ClN2O3/c1-14(5-4-10(15)16)11-8-6-7(12)2-3-9(8)17-13-11/h2-3,6H,4-5H2,1H3,(H,15,16). The fourth-order valence-electron chi connectivity index (χ4n) is 1.54. The number of anilines is 1. The number of fused-ring (bicyclic) bond motifs is 1. The van der Waals surface area contributed by atoms with Crippen LogP contribution in [-0.4, -0.2) is 29.8 Å². The average Bonchev–Trinajstić information content (AvgIpc) is 2.68. The van der Waals surface area contributed by atoms with E-state index >= 15 is 0 Å². The van der Waals surface area contributed by atoms with E-state index in [-0.39, 0.29) is 6.42 Å². The minimum Gasteiger partial charge on any atom is -0.481 e. The second-order valence-corrected chi connectivity index (χ2v) is 4.15. The number of aliphatic carboxylic acids is 1. The van der Waals surface area contributed by atoms with Crippen molar-refractivity contribution in [3.63, 3.8) is 0 Å². The molecule has 6 heteroatoms. The third kappa shape index (κ3) is 2.50. The number of halogens is 1. The number of nitrogens with zero attached hydrogens (tertiary/aromatic N) is 2. The van der Waals surface area contributed by atoms with Crippen molar-refractivity contribution in [2.75, 3.05) is 18.5 Å². The van der Waals surface area contributed by atoms with E-state index in [1.165, 1.54) is 0 Å². The van der Waals surface area contributed by atoms with Crippen LogP contribution >= 0.6 is 11.6 Å². The first kappa shape index (κ1) is 11.7. The summed E-state index contributed by atoms with van der Waals surface area (Å²) in [6.07, 6.45) is 0.0470. The van der Waals surface area contributed by atoms with Crippen molar-refractivity contribution < 1.29 is 14.4 Å². The third-order valence-corrected chi connectivity index (χ3v) is 2.67. The summed E-state index contributed by atoms with van der Waals surface area (Å²) in [6, 6.07) is 5.20. The minimum atomic E-state index is -0.845. The van der Waals surface area contributed by atoms with Crippen molar-refractivity contribution in [1.29, 1.82) is 0 Å². The number of carboxylic acids is 1. The fourth-order valence-corrected chi connectivity index (χ4v) is 1.71. The Bertz CT molecular complexity index is 553. The molecule has 2 aromatic rings. The lowest BCUT2D eigenvalue weighted by molar-refractivity contribution is -0.136. The third-order valence-electron chi connectivity index (χ3n) is 2.44. The summed E-state index contributed by atoms with van der Waals surface area (Å²) in [7, 11) is 1.77. The lowest BCUT2D eigenvalue weighted by Gasteiger charge is -2.14. The molecule has 1 aromatic carbocycles. The SMILES string of the molecule is CN(CCC(=O)O)c1noc2ccc(Cl)cc12. The Balaban J connectivity index is 2.28. The molecule has 0 aliphatic carbocycles. The smallest absolute Gasteiger partial charge is 0.305 e. The predicted molar refractivity (Wildman–Crippen MR) is 64.5 cm³/mol. The molecule has 5 nitrogen and oxygen atoms in total. The van der Waals surface area contributed by atoms with Crippen molar-refractivity contribution >= 4 is 34.4 Å². The highest BCUT2D eigenvalue weighted by Gasteiger charge is 2.13. The zero-order chi connectivity index (χ0) is 12.4. The lowest BCUT2D eigenvalue weighted by Crippen LogP contribution is -2.21. The zero-order valence-electron chi connectivity index (χ0n) is 9.18. The van der Waals surface area contributed by atoms with Crippen molar-refractivity contribution in [1.82, 2.24) is 5.16 Å². The van der Waals surface area contributed by atoms with Gasteiger partial charge in [-0.3, -0.25) is 4.79 Å². The first-order chi connectivity index (χ1) is 8.08.